The number of carbonyl (C=O) groups excluding carboxylic acids is 1. The first-order chi connectivity index (χ1) is 12.1. The van der Waals surface area contributed by atoms with Crippen LogP contribution in [0.4, 0.5) is 0 Å². The van der Waals surface area contributed by atoms with Crippen LogP contribution in [0.25, 0.3) is 0 Å². The molecule has 2 rings (SSSR count). The molecule has 136 valence electrons. The van der Waals surface area contributed by atoms with Gasteiger partial charge in [0, 0.05) is 44.4 Å². The summed E-state index contributed by atoms with van der Waals surface area (Å²) in [6, 6.07) is 10.5. The van der Waals surface area contributed by atoms with Gasteiger partial charge in [-0.3, -0.25) is 4.79 Å². The minimum Gasteiger partial charge on any atom is -0.353 e. The highest BCUT2D eigenvalue weighted by Crippen LogP contribution is 2.25. The fraction of sp³-hybridized carbons (Fsp3) is 0.474. The predicted molar refractivity (Wildman–Crippen MR) is 106 cm³/mol. The molecule has 0 aromatic heterocycles. The topological polar surface area (TPSA) is 47.9 Å². The Morgan fingerprint density at radius 3 is 2.88 bits per heavy atom. The van der Waals surface area contributed by atoms with Crippen molar-refractivity contribution < 1.29 is 4.79 Å². The van der Waals surface area contributed by atoms with Gasteiger partial charge in [0.1, 0.15) is 6.54 Å². The van der Waals surface area contributed by atoms with Gasteiger partial charge in [-0.05, 0) is 24.5 Å². The molecule has 5 nitrogen and oxygen atoms in total. The van der Waals surface area contributed by atoms with Crippen molar-refractivity contribution >= 4 is 23.6 Å². The van der Waals surface area contributed by atoms with Crippen LogP contribution < -0.4 is 5.32 Å². The standard InChI is InChI=1S/C19H28N4OS/c1-4-11-20-19(21-13-18(24)22(2)3)23-12-10-16(14-23)15-25-17-8-6-5-7-9-17/h4-9,16H,1,10-15H2,2-3H3,(H,20,21). The quantitative estimate of drug-likeness (QED) is 0.351. The Morgan fingerprint density at radius 1 is 1.44 bits per heavy atom. The molecule has 0 aliphatic carbocycles. The molecular weight excluding hydrogens is 332 g/mol. The molecule has 1 unspecified atom stereocenters. The van der Waals surface area contributed by atoms with Crippen molar-refractivity contribution in [2.75, 3.05) is 46.0 Å². The third-order valence-electron chi connectivity index (χ3n) is 4.08. The summed E-state index contributed by atoms with van der Waals surface area (Å²) in [5.41, 5.74) is 0. The number of nitrogens with zero attached hydrogens (tertiary/aromatic N) is 3. The normalized spacial score (nSPS) is 17.4. The smallest absolute Gasteiger partial charge is 0.243 e. The van der Waals surface area contributed by atoms with E-state index in [0.29, 0.717) is 12.5 Å². The minimum atomic E-state index is 0.00767. The predicted octanol–water partition coefficient (Wildman–Crippen LogP) is 2.32. The summed E-state index contributed by atoms with van der Waals surface area (Å²) in [6.07, 6.45) is 2.96. The van der Waals surface area contributed by atoms with Gasteiger partial charge in [-0.2, -0.15) is 0 Å². The first kappa shape index (κ1) is 19.4. The summed E-state index contributed by atoms with van der Waals surface area (Å²) in [4.78, 5) is 21.4. The molecule has 1 amide bonds. The number of rotatable bonds is 7. The molecule has 1 aliphatic rings. The van der Waals surface area contributed by atoms with Gasteiger partial charge in [0.2, 0.25) is 5.91 Å². The second kappa shape index (κ2) is 10.1. The number of thioether (sulfide) groups is 1. The molecule has 0 bridgehead atoms. The van der Waals surface area contributed by atoms with Crippen LogP contribution in [0.5, 0.6) is 0 Å². The molecule has 1 aromatic rings. The van der Waals surface area contributed by atoms with E-state index in [0.717, 1.165) is 31.2 Å². The Hall–Kier alpha value is -1.95. The van der Waals surface area contributed by atoms with E-state index in [1.54, 1.807) is 19.0 Å². The van der Waals surface area contributed by atoms with Crippen molar-refractivity contribution in [3.8, 4) is 0 Å². The first-order valence-corrected chi connectivity index (χ1v) is 9.61. The average Bonchev–Trinajstić information content (AvgIpc) is 3.09. The second-order valence-electron chi connectivity index (χ2n) is 6.32. The monoisotopic (exact) mass is 360 g/mol. The van der Waals surface area contributed by atoms with Gasteiger partial charge < -0.3 is 15.1 Å². The third kappa shape index (κ3) is 6.46. The summed E-state index contributed by atoms with van der Waals surface area (Å²) >= 11 is 1.91. The van der Waals surface area contributed by atoms with Crippen molar-refractivity contribution in [3.05, 3.63) is 43.0 Å². The van der Waals surface area contributed by atoms with Crippen LogP contribution in [0.1, 0.15) is 6.42 Å². The lowest BCUT2D eigenvalue weighted by atomic mass is 10.2. The molecule has 1 N–H and O–H groups in total. The van der Waals surface area contributed by atoms with Gasteiger partial charge in [0.25, 0.3) is 0 Å². The summed E-state index contributed by atoms with van der Waals surface area (Å²) in [5, 5.41) is 3.28. The van der Waals surface area contributed by atoms with Crippen LogP contribution in [-0.4, -0.2) is 67.7 Å². The van der Waals surface area contributed by atoms with E-state index in [-0.39, 0.29) is 12.5 Å². The second-order valence-corrected chi connectivity index (χ2v) is 7.42. The molecule has 0 radical (unpaired) electrons. The Balaban J connectivity index is 1.89. The third-order valence-corrected chi connectivity index (χ3v) is 5.33. The van der Waals surface area contributed by atoms with Crippen LogP contribution in [0.2, 0.25) is 0 Å². The summed E-state index contributed by atoms with van der Waals surface area (Å²) in [5.74, 6) is 2.55. The van der Waals surface area contributed by atoms with E-state index in [1.165, 1.54) is 4.90 Å². The Morgan fingerprint density at radius 2 is 2.20 bits per heavy atom. The molecule has 0 spiro atoms. The molecule has 0 saturated carbocycles. The fourth-order valence-electron chi connectivity index (χ4n) is 2.61. The van der Waals surface area contributed by atoms with Gasteiger partial charge >= 0.3 is 0 Å². The van der Waals surface area contributed by atoms with Crippen molar-refractivity contribution in [1.29, 1.82) is 0 Å². The van der Waals surface area contributed by atoms with E-state index in [2.05, 4.69) is 46.1 Å². The number of likely N-dealkylation sites (N-methyl/N-ethyl adjacent to an activating group) is 1. The highest BCUT2D eigenvalue weighted by molar-refractivity contribution is 7.99. The lowest BCUT2D eigenvalue weighted by molar-refractivity contribution is -0.127. The lowest BCUT2D eigenvalue weighted by Crippen LogP contribution is -2.41. The molecule has 25 heavy (non-hydrogen) atoms. The SMILES string of the molecule is C=CCNC(=NCC(=O)N(C)C)N1CCC(CSc2ccccc2)C1. The maximum atomic E-state index is 11.8. The lowest BCUT2D eigenvalue weighted by Gasteiger charge is -2.22. The molecule has 6 heteroatoms. The van der Waals surface area contributed by atoms with Crippen LogP contribution >= 0.6 is 11.8 Å². The number of likely N-dealkylation sites (tertiary alicyclic amines) is 1. The number of nitrogens with one attached hydrogen (secondary N) is 1. The Bertz CT molecular complexity index is 588. The molecule has 1 atom stereocenters. The van der Waals surface area contributed by atoms with Crippen LogP contribution in [-0.2, 0) is 4.79 Å². The number of carbonyl (C=O) groups is 1. The zero-order valence-electron chi connectivity index (χ0n) is 15.1. The number of amides is 1. The Labute approximate surface area is 155 Å². The van der Waals surface area contributed by atoms with Crippen molar-refractivity contribution in [2.24, 2.45) is 10.9 Å². The minimum absolute atomic E-state index is 0.00767. The number of hydrogen-bond donors (Lipinski definition) is 1. The number of benzene rings is 1. The fourth-order valence-corrected chi connectivity index (χ4v) is 3.66. The summed E-state index contributed by atoms with van der Waals surface area (Å²) in [7, 11) is 3.50. The zero-order valence-corrected chi connectivity index (χ0v) is 16.0. The van der Waals surface area contributed by atoms with E-state index in [1.807, 2.05) is 23.9 Å². The van der Waals surface area contributed by atoms with Gasteiger partial charge in [-0.15, -0.1) is 18.3 Å². The molecule has 1 aromatic carbocycles. The molecule has 1 fully saturated rings. The number of hydrogen-bond acceptors (Lipinski definition) is 3. The van der Waals surface area contributed by atoms with E-state index < -0.39 is 0 Å². The van der Waals surface area contributed by atoms with E-state index in [4.69, 9.17) is 0 Å². The first-order valence-electron chi connectivity index (χ1n) is 8.62. The van der Waals surface area contributed by atoms with Crippen LogP contribution in [0.15, 0.2) is 52.9 Å². The van der Waals surface area contributed by atoms with Crippen molar-refractivity contribution in [2.45, 2.75) is 11.3 Å². The van der Waals surface area contributed by atoms with Crippen LogP contribution in [0, 0.1) is 5.92 Å². The number of guanidine groups is 1. The van der Waals surface area contributed by atoms with Gasteiger partial charge in [-0.25, -0.2) is 4.99 Å². The van der Waals surface area contributed by atoms with E-state index in [9.17, 15) is 4.79 Å². The van der Waals surface area contributed by atoms with Gasteiger partial charge in [-0.1, -0.05) is 24.3 Å². The highest BCUT2D eigenvalue weighted by Gasteiger charge is 2.25. The van der Waals surface area contributed by atoms with E-state index >= 15 is 0 Å². The average molecular weight is 361 g/mol. The molecule has 1 heterocycles. The maximum absolute atomic E-state index is 11.8. The van der Waals surface area contributed by atoms with Crippen molar-refractivity contribution in [3.63, 3.8) is 0 Å². The molecule has 1 saturated heterocycles. The maximum Gasteiger partial charge on any atom is 0.243 e. The zero-order chi connectivity index (χ0) is 18.1. The Kier molecular flexibility index (Phi) is 7.85. The van der Waals surface area contributed by atoms with Gasteiger partial charge in [0.15, 0.2) is 5.96 Å². The number of aliphatic imine (C=N–C) groups is 1. The van der Waals surface area contributed by atoms with Gasteiger partial charge in [0.05, 0.1) is 0 Å². The van der Waals surface area contributed by atoms with Crippen molar-refractivity contribution in [1.82, 2.24) is 15.1 Å². The molecule has 1 aliphatic heterocycles. The highest BCUT2D eigenvalue weighted by atomic mass is 32.2. The molecular formula is C19H28N4OS. The summed E-state index contributed by atoms with van der Waals surface area (Å²) < 4.78 is 0. The largest absolute Gasteiger partial charge is 0.353 e. The summed E-state index contributed by atoms with van der Waals surface area (Å²) in [6.45, 7) is 6.51. The van der Waals surface area contributed by atoms with Crippen LogP contribution in [0.3, 0.4) is 0 Å².